The molecule has 16 bridgehead atoms. The van der Waals surface area contributed by atoms with Crippen molar-refractivity contribution in [2.75, 3.05) is 0 Å². The van der Waals surface area contributed by atoms with Gasteiger partial charge in [-0.2, -0.15) is 0 Å². The molecule has 10 nitrogen and oxygen atoms in total. The minimum atomic E-state index is -2.61. The number of rotatable bonds is 16. The summed E-state index contributed by atoms with van der Waals surface area (Å²) in [6.45, 7) is 85.8. The van der Waals surface area contributed by atoms with Gasteiger partial charge in [0.25, 0.3) is 0 Å². The number of aromatic nitrogens is 10. The standard InChI is InChI=1S/C124H154N10Si4/c1-75(2)135(76(3)4,77(5)6)63-59-97-101-51-53-105(127-101)99(61-65-137(81(13)14,82(15)16)83(17)18)115-119-117(111(131-115)73-93-47-49-107(125-93)113(109-57-55-103(97)129-109)87-67-89(121(25,26)27)71-90(68-87)122(28,29)30)133(95-43-39-37-40-44-95)118-112-74-94-48-50-108(126-94)114(88-69-91(123(31,32)33)72-92(70-88)124(34,35)36)110-58-56-104(130-110)98(60-64-136(78(7)8,79(9)10)80(11)12)102-52-54-106(128-102)100(62-66-138(84(19)20,85(21)22)86(23)24)116(132-112)120(118)134(119)96-45-41-38-42-46-96/h37-58,67-86,125-128H,1-36H3. The van der Waals surface area contributed by atoms with Crippen molar-refractivity contribution in [3.05, 3.63) is 246 Å². The molecule has 15 rings (SSSR count). The Morgan fingerprint density at radius 1 is 0.254 bits per heavy atom. The Morgan fingerprint density at radius 2 is 0.500 bits per heavy atom. The zero-order valence-electron chi connectivity index (χ0n) is 89.9. The predicted molar refractivity (Wildman–Crippen MR) is 606 cm³/mol. The Balaban J connectivity index is 1.32. The molecule has 0 unspecified atom stereocenters. The van der Waals surface area contributed by atoms with Gasteiger partial charge in [-0.25, -0.2) is 19.9 Å². The highest BCUT2D eigenvalue weighted by atomic mass is 28.3. The Morgan fingerprint density at radius 3 is 0.768 bits per heavy atom. The van der Waals surface area contributed by atoms with Gasteiger partial charge in [-0.1, -0.05) is 346 Å². The number of fused-ring (bicyclic) bond motifs is 20. The van der Waals surface area contributed by atoms with Gasteiger partial charge in [0.2, 0.25) is 0 Å². The molecule has 11 heterocycles. The van der Waals surface area contributed by atoms with Crippen LogP contribution in [0.5, 0.6) is 0 Å². The normalized spacial score (nSPS) is 13.3. The third kappa shape index (κ3) is 18.4. The number of para-hydroxylation sites is 2. The first kappa shape index (κ1) is 101. The van der Waals surface area contributed by atoms with E-state index in [0.29, 0.717) is 77.5 Å². The number of H-pyrrole nitrogens is 4. The van der Waals surface area contributed by atoms with Crippen molar-refractivity contribution in [1.29, 1.82) is 0 Å². The molecular weight excluding hydrogens is 1740 g/mol. The lowest BCUT2D eigenvalue weighted by atomic mass is 9.78. The van der Waals surface area contributed by atoms with E-state index in [0.717, 1.165) is 155 Å². The van der Waals surface area contributed by atoms with Crippen LogP contribution in [-0.4, -0.2) is 81.3 Å². The molecule has 0 aliphatic carbocycles. The third-order valence-electron chi connectivity index (χ3n) is 31.5. The number of nitrogens with zero attached hydrogens (tertiary/aromatic N) is 6. The largest absolute Gasteiger partial charge is 0.355 e. The summed E-state index contributed by atoms with van der Waals surface area (Å²) >= 11 is 0. The van der Waals surface area contributed by atoms with Gasteiger partial charge < -0.3 is 29.1 Å². The Hall–Kier alpha value is -11.2. The van der Waals surface area contributed by atoms with Crippen molar-refractivity contribution < 1.29 is 0 Å². The first-order chi connectivity index (χ1) is 64.8. The lowest BCUT2D eigenvalue weighted by Crippen LogP contribution is -2.43. The molecule has 0 saturated carbocycles. The SMILES string of the molecule is CC(C)[Si](C#Cc1c2nc(c(-c3cc(C(C)(C)C)cc(C(C)(C)C)c3)c3ccc(cc4nc(c(C#C[Si](C(C)C)(C(C)C)C(C)C)c5ccc1[nH]5)c1n(-c5ccccc5)c5c6nc(cc7ccc([nH]7)c(-c7cc(C(C)(C)C)cc(C(C)(C)C)c7)c7nc(c(C#C[Si](C(C)C)(C(C)C)C(C)C)c8ccc([nH]8)c6C#C[Si](C(C)C)(C(C)C)C(C)C)C=C7)c=5n(-c5ccccc5)c4=1)[nH]3)C=C2)(C(C)C)C(C)C. The zero-order valence-corrected chi connectivity index (χ0v) is 93.9. The molecule has 4 aromatic carbocycles. The molecule has 0 amide bonds. The van der Waals surface area contributed by atoms with Gasteiger partial charge in [-0.05, 0) is 231 Å². The van der Waals surface area contributed by atoms with Crippen molar-refractivity contribution in [1.82, 2.24) is 49.0 Å². The Labute approximate surface area is 829 Å². The lowest BCUT2D eigenvalue weighted by molar-refractivity contribution is 0.568. The van der Waals surface area contributed by atoms with E-state index < -0.39 is 32.3 Å². The molecule has 0 spiro atoms. The molecule has 10 aromatic rings. The van der Waals surface area contributed by atoms with Crippen LogP contribution in [0.3, 0.4) is 0 Å². The fourth-order valence-corrected chi connectivity index (χ4v) is 44.9. The second-order valence-corrected chi connectivity index (χ2v) is 70.1. The van der Waals surface area contributed by atoms with Crippen molar-refractivity contribution in [2.45, 2.75) is 337 Å². The van der Waals surface area contributed by atoms with E-state index in [4.69, 9.17) is 19.9 Å². The van der Waals surface area contributed by atoms with Crippen LogP contribution < -0.4 is 0 Å². The summed E-state index contributed by atoms with van der Waals surface area (Å²) in [6.07, 6.45) is 8.90. The van der Waals surface area contributed by atoms with Crippen LogP contribution in [-0.2, 0) is 21.7 Å². The second-order valence-electron chi connectivity index (χ2n) is 47.8. The fraction of sp³-hybridized carbons (Fsp3) is 0.419. The molecular formula is C124H154N10Si4. The Bertz CT molecular complexity index is 7120. The number of hydrogen-bond donors (Lipinski definition) is 4. The number of benzene rings is 4. The molecule has 0 atom stereocenters. The molecule has 0 saturated heterocycles. The van der Waals surface area contributed by atoms with Crippen LogP contribution in [0, 0.1) is 67.3 Å². The second kappa shape index (κ2) is 38.1. The molecule has 14 heteroatoms. The maximum Gasteiger partial charge on any atom is 0.146 e. The van der Waals surface area contributed by atoms with Crippen LogP contribution in [0.4, 0.5) is 0 Å². The minimum absolute atomic E-state index is 0.185. The van der Waals surface area contributed by atoms with E-state index in [1.807, 2.05) is 0 Å². The summed E-state index contributed by atoms with van der Waals surface area (Å²) in [5.74, 6) is 16.8. The molecule has 5 aliphatic rings. The van der Waals surface area contributed by atoms with Crippen LogP contribution in [0.2, 0.25) is 66.5 Å². The summed E-state index contributed by atoms with van der Waals surface area (Å²) < 4.78 is 5.01. The van der Waals surface area contributed by atoms with E-state index in [-0.39, 0.29) is 21.7 Å². The van der Waals surface area contributed by atoms with Crippen LogP contribution in [0.15, 0.2) is 158 Å². The van der Waals surface area contributed by atoms with Crippen LogP contribution in [0.25, 0.3) is 124 Å². The van der Waals surface area contributed by atoms with Crippen molar-refractivity contribution in [2.24, 2.45) is 0 Å². The average Bonchev–Trinajstić information content (AvgIpc) is 1.53. The average molecular weight is 1900 g/mol. The van der Waals surface area contributed by atoms with Gasteiger partial charge in [0.15, 0.2) is 0 Å². The summed E-state index contributed by atoms with van der Waals surface area (Å²) in [5.41, 5.74) is 47.9. The summed E-state index contributed by atoms with van der Waals surface area (Å²) in [7, 11) is -10.1. The molecule has 6 aromatic heterocycles. The van der Waals surface area contributed by atoms with E-state index >= 15 is 0 Å². The zero-order chi connectivity index (χ0) is 100. The fourth-order valence-electron chi connectivity index (χ4n) is 24.1. The first-order valence-corrected chi connectivity index (χ1v) is 60.3. The van der Waals surface area contributed by atoms with Gasteiger partial charge in [0.05, 0.1) is 88.8 Å². The number of aromatic amines is 4. The smallest absolute Gasteiger partial charge is 0.146 e. The highest BCUT2D eigenvalue weighted by molar-refractivity contribution is 6.92. The maximum absolute atomic E-state index is 6.47. The monoisotopic (exact) mass is 1900 g/mol. The highest BCUT2D eigenvalue weighted by Gasteiger charge is 2.46. The Kier molecular flexibility index (Phi) is 27.9. The summed E-state index contributed by atoms with van der Waals surface area (Å²) in [5, 5.41) is 3.38. The molecule has 5 aliphatic heterocycles. The van der Waals surface area contributed by atoms with E-state index in [2.05, 4.69) is 506 Å². The van der Waals surface area contributed by atoms with Crippen LogP contribution in [0.1, 0.15) is 317 Å². The van der Waals surface area contributed by atoms with Gasteiger partial charge in [0.1, 0.15) is 54.0 Å². The molecule has 0 fully saturated rings. The third-order valence-corrected chi connectivity index (χ3v) is 56.7. The number of hydrogen-bond acceptors (Lipinski definition) is 4. The van der Waals surface area contributed by atoms with Crippen molar-refractivity contribution >= 4 is 123 Å². The van der Waals surface area contributed by atoms with Gasteiger partial charge in [-0.3, -0.25) is 0 Å². The van der Waals surface area contributed by atoms with Crippen molar-refractivity contribution in [3.8, 4) is 79.5 Å². The van der Waals surface area contributed by atoms with Crippen molar-refractivity contribution in [3.63, 3.8) is 0 Å². The summed E-state index contributed by atoms with van der Waals surface area (Å²) in [6, 6.07) is 59.1. The number of nitrogens with one attached hydrogen (secondary N) is 4. The van der Waals surface area contributed by atoms with Crippen LogP contribution >= 0.6 is 0 Å². The first-order valence-electron chi connectivity index (χ1n) is 51.4. The highest BCUT2D eigenvalue weighted by Crippen LogP contribution is 2.49. The van der Waals surface area contributed by atoms with E-state index in [9.17, 15) is 0 Å². The van der Waals surface area contributed by atoms with Gasteiger partial charge >= 0.3 is 0 Å². The summed E-state index contributed by atoms with van der Waals surface area (Å²) in [4.78, 5) is 41.6. The molecule has 0 radical (unpaired) electrons. The van der Waals surface area contributed by atoms with E-state index in [1.165, 1.54) is 22.3 Å². The predicted octanol–water partition coefficient (Wildman–Crippen LogP) is 34.2. The minimum Gasteiger partial charge on any atom is -0.355 e. The van der Waals surface area contributed by atoms with E-state index in [1.54, 1.807) is 0 Å². The molecule has 138 heavy (non-hydrogen) atoms. The van der Waals surface area contributed by atoms with Gasteiger partial charge in [0, 0.05) is 44.6 Å². The maximum atomic E-state index is 6.47. The lowest BCUT2D eigenvalue weighted by Gasteiger charge is -2.38. The van der Waals surface area contributed by atoms with Gasteiger partial charge in [-0.15, -0.1) is 22.2 Å². The topological polar surface area (TPSA) is 125 Å². The quantitative estimate of drug-likeness (QED) is 0.0568. The molecule has 4 N–H and O–H groups in total. The molecule has 716 valence electrons.